The maximum absolute atomic E-state index is 13.5. The molecule has 160 valence electrons. The lowest BCUT2D eigenvalue weighted by Gasteiger charge is -2.21. The normalized spacial score (nSPS) is 11.0. The standard InChI is InChI=1S/C22H27N3O4S/c1-24(2)9-6-10-25(21(26)15-11-17(28-4)13-18(12-15)29-5)22-23-19-8-7-16(27-3)14-20(19)30-22/h7-8,11-14H,6,9-10H2,1-5H3. The van der Waals surface area contributed by atoms with Gasteiger partial charge in [-0.25, -0.2) is 4.98 Å². The van der Waals surface area contributed by atoms with Crippen LogP contribution in [0.2, 0.25) is 0 Å². The van der Waals surface area contributed by atoms with Crippen molar-refractivity contribution in [2.75, 3.05) is 53.4 Å². The molecule has 30 heavy (non-hydrogen) atoms. The maximum atomic E-state index is 13.5. The second-order valence-corrected chi connectivity index (χ2v) is 8.05. The van der Waals surface area contributed by atoms with Gasteiger partial charge in [0.05, 0.1) is 31.5 Å². The molecule has 2 aromatic carbocycles. The molecule has 0 aliphatic carbocycles. The van der Waals surface area contributed by atoms with Gasteiger partial charge in [0, 0.05) is 18.2 Å². The quantitative estimate of drug-likeness (QED) is 0.514. The van der Waals surface area contributed by atoms with Gasteiger partial charge in [0.15, 0.2) is 5.13 Å². The fourth-order valence-corrected chi connectivity index (χ4v) is 4.07. The van der Waals surface area contributed by atoms with Crippen LogP contribution in [0.1, 0.15) is 16.8 Å². The number of methoxy groups -OCH3 is 3. The number of fused-ring (bicyclic) bond motifs is 1. The number of carbonyl (C=O) groups is 1. The molecule has 3 rings (SSSR count). The number of hydrogen-bond donors (Lipinski definition) is 0. The number of amides is 1. The Bertz CT molecular complexity index is 997. The highest BCUT2D eigenvalue weighted by molar-refractivity contribution is 7.22. The summed E-state index contributed by atoms with van der Waals surface area (Å²) in [7, 11) is 8.81. The lowest BCUT2D eigenvalue weighted by molar-refractivity contribution is 0.0985. The molecule has 0 bridgehead atoms. The molecule has 0 saturated heterocycles. The van der Waals surface area contributed by atoms with Gasteiger partial charge in [0.25, 0.3) is 5.91 Å². The summed E-state index contributed by atoms with van der Waals surface area (Å²) in [5.74, 6) is 1.76. The third-order valence-corrected chi connectivity index (χ3v) is 5.69. The number of aromatic nitrogens is 1. The van der Waals surface area contributed by atoms with Crippen LogP contribution in [0.3, 0.4) is 0 Å². The molecule has 0 spiro atoms. The van der Waals surface area contributed by atoms with E-state index in [1.54, 1.807) is 44.4 Å². The zero-order valence-electron chi connectivity index (χ0n) is 18.0. The first-order valence-electron chi connectivity index (χ1n) is 9.59. The highest BCUT2D eigenvalue weighted by atomic mass is 32.1. The Kier molecular flexibility index (Phi) is 7.12. The molecule has 1 heterocycles. The van der Waals surface area contributed by atoms with Crippen LogP contribution < -0.4 is 19.1 Å². The van der Waals surface area contributed by atoms with E-state index in [-0.39, 0.29) is 5.91 Å². The van der Waals surface area contributed by atoms with Crippen LogP contribution in [0.5, 0.6) is 17.2 Å². The van der Waals surface area contributed by atoms with Crippen molar-refractivity contribution in [1.29, 1.82) is 0 Å². The molecule has 0 unspecified atom stereocenters. The second-order valence-electron chi connectivity index (χ2n) is 7.05. The second kappa shape index (κ2) is 9.77. The third-order valence-electron chi connectivity index (χ3n) is 4.65. The molecule has 0 aliphatic rings. The highest BCUT2D eigenvalue weighted by Crippen LogP contribution is 2.33. The Hall–Kier alpha value is -2.84. The Morgan fingerprint density at radius 1 is 0.933 bits per heavy atom. The Morgan fingerprint density at radius 3 is 2.20 bits per heavy atom. The van der Waals surface area contributed by atoms with Crippen molar-refractivity contribution in [3.05, 3.63) is 42.0 Å². The van der Waals surface area contributed by atoms with Crippen LogP contribution in [0.4, 0.5) is 5.13 Å². The van der Waals surface area contributed by atoms with Crippen LogP contribution in [0.15, 0.2) is 36.4 Å². The van der Waals surface area contributed by atoms with Crippen molar-refractivity contribution in [2.24, 2.45) is 0 Å². The van der Waals surface area contributed by atoms with Crippen molar-refractivity contribution < 1.29 is 19.0 Å². The van der Waals surface area contributed by atoms with Gasteiger partial charge in [0.2, 0.25) is 0 Å². The monoisotopic (exact) mass is 429 g/mol. The van der Waals surface area contributed by atoms with Crippen molar-refractivity contribution >= 4 is 32.6 Å². The zero-order valence-corrected chi connectivity index (χ0v) is 18.8. The smallest absolute Gasteiger partial charge is 0.260 e. The highest BCUT2D eigenvalue weighted by Gasteiger charge is 2.22. The lowest BCUT2D eigenvalue weighted by Crippen LogP contribution is -2.33. The summed E-state index contributed by atoms with van der Waals surface area (Å²) in [6.45, 7) is 1.41. The zero-order chi connectivity index (χ0) is 21.7. The van der Waals surface area contributed by atoms with Crippen molar-refractivity contribution in [3.8, 4) is 17.2 Å². The SMILES string of the molecule is COc1cc(OC)cc(C(=O)N(CCCN(C)C)c2nc3ccc(OC)cc3s2)c1. The molecule has 0 saturated carbocycles. The Morgan fingerprint density at radius 2 is 1.60 bits per heavy atom. The topological polar surface area (TPSA) is 64.1 Å². The molecule has 1 amide bonds. The average Bonchev–Trinajstić information content (AvgIpc) is 3.18. The summed E-state index contributed by atoms with van der Waals surface area (Å²) in [5.41, 5.74) is 1.33. The van der Waals surface area contributed by atoms with Gasteiger partial charge in [-0.15, -0.1) is 0 Å². The summed E-state index contributed by atoms with van der Waals surface area (Å²) in [6.07, 6.45) is 0.819. The molecule has 0 aliphatic heterocycles. The average molecular weight is 430 g/mol. The summed E-state index contributed by atoms with van der Waals surface area (Å²) < 4.78 is 17.0. The minimum atomic E-state index is -0.142. The van der Waals surface area contributed by atoms with E-state index in [1.165, 1.54) is 11.3 Å². The van der Waals surface area contributed by atoms with Crippen LogP contribution in [0, 0.1) is 0 Å². The van der Waals surface area contributed by atoms with Gasteiger partial charge < -0.3 is 19.1 Å². The van der Waals surface area contributed by atoms with Gasteiger partial charge in [-0.2, -0.15) is 0 Å². The summed E-state index contributed by atoms with van der Waals surface area (Å²) in [4.78, 5) is 22.0. The number of ether oxygens (including phenoxy) is 3. The molecular formula is C22H27N3O4S. The van der Waals surface area contributed by atoms with Crippen molar-refractivity contribution in [2.45, 2.75) is 6.42 Å². The van der Waals surface area contributed by atoms with Crippen LogP contribution in [0.25, 0.3) is 10.2 Å². The fraction of sp³-hybridized carbons (Fsp3) is 0.364. The van der Waals surface area contributed by atoms with E-state index in [1.807, 2.05) is 32.3 Å². The van der Waals surface area contributed by atoms with Crippen molar-refractivity contribution in [1.82, 2.24) is 9.88 Å². The summed E-state index contributed by atoms with van der Waals surface area (Å²) in [6, 6.07) is 10.9. The Labute approximate surface area is 180 Å². The molecule has 0 N–H and O–H groups in total. The first-order valence-corrected chi connectivity index (χ1v) is 10.4. The third kappa shape index (κ3) is 5.01. The Balaban J connectivity index is 1.99. The minimum absolute atomic E-state index is 0.142. The predicted octanol–water partition coefficient (Wildman–Crippen LogP) is 3.92. The number of benzene rings is 2. The molecule has 7 nitrogen and oxygen atoms in total. The number of hydrogen-bond acceptors (Lipinski definition) is 7. The van der Waals surface area contributed by atoms with Gasteiger partial charge >= 0.3 is 0 Å². The van der Waals surface area contributed by atoms with Gasteiger partial charge in [0.1, 0.15) is 17.2 Å². The van der Waals surface area contributed by atoms with Gasteiger partial charge in [-0.3, -0.25) is 9.69 Å². The van der Waals surface area contributed by atoms with Gasteiger partial charge in [-0.1, -0.05) is 11.3 Å². The molecule has 0 radical (unpaired) electrons. The maximum Gasteiger partial charge on any atom is 0.260 e. The van der Waals surface area contributed by atoms with Gasteiger partial charge in [-0.05, 0) is 57.4 Å². The van der Waals surface area contributed by atoms with E-state index in [0.717, 1.165) is 28.9 Å². The lowest BCUT2D eigenvalue weighted by atomic mass is 10.1. The first-order chi connectivity index (χ1) is 14.4. The largest absolute Gasteiger partial charge is 0.497 e. The van der Waals surface area contributed by atoms with E-state index >= 15 is 0 Å². The molecule has 1 aromatic heterocycles. The minimum Gasteiger partial charge on any atom is -0.497 e. The number of anilines is 1. The molecule has 0 atom stereocenters. The van der Waals surface area contributed by atoms with E-state index < -0.39 is 0 Å². The summed E-state index contributed by atoms with van der Waals surface area (Å²) in [5, 5.41) is 0.656. The van der Waals surface area contributed by atoms with Crippen LogP contribution in [-0.4, -0.2) is 64.3 Å². The summed E-state index contributed by atoms with van der Waals surface area (Å²) >= 11 is 1.47. The number of rotatable bonds is 9. The van der Waals surface area contributed by atoms with E-state index in [4.69, 9.17) is 19.2 Å². The molecular weight excluding hydrogens is 402 g/mol. The van der Waals surface area contributed by atoms with E-state index in [2.05, 4.69) is 4.90 Å². The predicted molar refractivity (Wildman–Crippen MR) is 121 cm³/mol. The van der Waals surface area contributed by atoms with Crippen LogP contribution in [-0.2, 0) is 0 Å². The molecule has 0 fully saturated rings. The van der Waals surface area contributed by atoms with E-state index in [9.17, 15) is 4.79 Å². The number of thiazole rings is 1. The number of carbonyl (C=O) groups excluding carboxylic acids is 1. The first kappa shape index (κ1) is 21.9. The fourth-order valence-electron chi connectivity index (χ4n) is 3.05. The molecule has 3 aromatic rings. The molecule has 8 heteroatoms. The van der Waals surface area contributed by atoms with Crippen molar-refractivity contribution in [3.63, 3.8) is 0 Å². The number of nitrogens with zero attached hydrogens (tertiary/aromatic N) is 3. The van der Waals surface area contributed by atoms with E-state index in [0.29, 0.717) is 28.7 Å². The van der Waals surface area contributed by atoms with Crippen LogP contribution >= 0.6 is 11.3 Å².